The first-order chi connectivity index (χ1) is 10.5. The van der Waals surface area contributed by atoms with E-state index in [1.807, 2.05) is 0 Å². The van der Waals surface area contributed by atoms with Crippen molar-refractivity contribution in [3.8, 4) is 0 Å². The van der Waals surface area contributed by atoms with Crippen LogP contribution in [0.15, 0.2) is 0 Å². The van der Waals surface area contributed by atoms with Crippen LogP contribution in [0, 0.1) is 34.5 Å². The van der Waals surface area contributed by atoms with Crippen molar-refractivity contribution in [2.75, 3.05) is 0 Å². The Morgan fingerprint density at radius 1 is 0.652 bits per heavy atom. The fraction of sp³-hybridized carbons (Fsp3) is 1.00. The van der Waals surface area contributed by atoms with Gasteiger partial charge in [-0.15, -0.1) is 0 Å². The first-order valence-corrected chi connectivity index (χ1v) is 9.84. The summed E-state index contributed by atoms with van der Waals surface area (Å²) in [5.41, 5.74) is 0.406. The smallest absolute Gasteiger partial charge is 0.0573 e. The fourth-order valence-electron chi connectivity index (χ4n) is 5.24. The van der Waals surface area contributed by atoms with Crippen LogP contribution < -0.4 is 0 Å². The maximum atomic E-state index is 10.4. The van der Waals surface area contributed by atoms with Gasteiger partial charge >= 0.3 is 0 Å². The van der Waals surface area contributed by atoms with Gasteiger partial charge in [0, 0.05) is 0 Å². The highest BCUT2D eigenvalue weighted by Gasteiger charge is 2.40. The van der Waals surface area contributed by atoms with Crippen LogP contribution in [-0.4, -0.2) is 22.4 Å². The second-order valence-electron chi connectivity index (χ2n) is 10.7. The summed E-state index contributed by atoms with van der Waals surface area (Å²) >= 11 is 0. The minimum absolute atomic E-state index is 0.109. The molecule has 0 aliphatic heterocycles. The summed E-state index contributed by atoms with van der Waals surface area (Å²) in [7, 11) is 0. The molecular formula is C21H40O2. The Morgan fingerprint density at radius 2 is 1.00 bits per heavy atom. The lowest BCUT2D eigenvalue weighted by Gasteiger charge is -2.44. The summed E-state index contributed by atoms with van der Waals surface area (Å²) in [5.74, 6) is 2.41. The molecule has 136 valence electrons. The molecule has 0 amide bonds. The average Bonchev–Trinajstić information content (AvgIpc) is 2.40. The van der Waals surface area contributed by atoms with E-state index in [0.717, 1.165) is 24.7 Å². The van der Waals surface area contributed by atoms with Gasteiger partial charge in [0.2, 0.25) is 0 Å². The second kappa shape index (κ2) is 7.04. The van der Waals surface area contributed by atoms with Crippen molar-refractivity contribution in [1.82, 2.24) is 0 Å². The van der Waals surface area contributed by atoms with Crippen molar-refractivity contribution < 1.29 is 10.2 Å². The van der Waals surface area contributed by atoms with E-state index in [1.54, 1.807) is 0 Å². The van der Waals surface area contributed by atoms with Crippen LogP contribution in [0.3, 0.4) is 0 Å². The fourth-order valence-corrected chi connectivity index (χ4v) is 5.24. The van der Waals surface area contributed by atoms with Crippen molar-refractivity contribution in [3.05, 3.63) is 0 Å². The third kappa shape index (κ3) is 4.95. The third-order valence-electron chi connectivity index (χ3n) is 6.74. The summed E-state index contributed by atoms with van der Waals surface area (Å²) in [6, 6.07) is 0. The summed E-state index contributed by atoms with van der Waals surface area (Å²) < 4.78 is 0. The number of rotatable bonds is 2. The molecule has 2 fully saturated rings. The van der Waals surface area contributed by atoms with Gasteiger partial charge in [0.25, 0.3) is 0 Å². The van der Waals surface area contributed by atoms with Crippen molar-refractivity contribution in [2.45, 2.75) is 98.7 Å². The molecule has 0 saturated heterocycles. The van der Waals surface area contributed by atoms with Crippen LogP contribution in [-0.2, 0) is 0 Å². The van der Waals surface area contributed by atoms with E-state index < -0.39 is 0 Å². The normalized spacial score (nSPS) is 40.2. The molecule has 2 nitrogen and oxygen atoms in total. The van der Waals surface area contributed by atoms with Crippen LogP contribution in [0.4, 0.5) is 0 Å². The Balaban J connectivity index is 1.94. The standard InChI is InChI=1S/C21H40O2/c1-20(2,3)16-12-14(7-9-18(16)22)11-15-8-10-19(23)17(13-15)21(4,5)6/h14-19,22-23H,7-13H2,1-6H3. The largest absolute Gasteiger partial charge is 0.393 e. The summed E-state index contributed by atoms with van der Waals surface area (Å²) in [6.45, 7) is 13.6. The van der Waals surface area contributed by atoms with Crippen LogP contribution in [0.5, 0.6) is 0 Å². The molecule has 2 heteroatoms. The van der Waals surface area contributed by atoms with Crippen molar-refractivity contribution in [2.24, 2.45) is 34.5 Å². The number of aliphatic hydroxyl groups excluding tert-OH is 2. The Labute approximate surface area is 144 Å². The Hall–Kier alpha value is -0.0800. The minimum Gasteiger partial charge on any atom is -0.393 e. The molecule has 0 bridgehead atoms. The monoisotopic (exact) mass is 324 g/mol. The number of hydrogen-bond donors (Lipinski definition) is 2. The van der Waals surface area contributed by atoms with Gasteiger partial charge in [-0.2, -0.15) is 0 Å². The van der Waals surface area contributed by atoms with Crippen molar-refractivity contribution in [1.29, 1.82) is 0 Å². The second-order valence-corrected chi connectivity index (χ2v) is 10.7. The predicted octanol–water partition coefficient (Wildman–Crippen LogP) is 5.02. The third-order valence-corrected chi connectivity index (χ3v) is 6.74. The molecule has 2 N–H and O–H groups in total. The number of hydrogen-bond acceptors (Lipinski definition) is 2. The van der Waals surface area contributed by atoms with E-state index in [0.29, 0.717) is 11.8 Å². The molecule has 0 aromatic heterocycles. The first kappa shape index (κ1) is 19.2. The first-order valence-electron chi connectivity index (χ1n) is 9.84. The lowest BCUT2D eigenvalue weighted by molar-refractivity contribution is -0.0294. The van der Waals surface area contributed by atoms with Crippen LogP contribution in [0.1, 0.15) is 86.5 Å². The predicted molar refractivity (Wildman–Crippen MR) is 97.2 cm³/mol. The summed E-state index contributed by atoms with van der Waals surface area (Å²) in [5, 5.41) is 20.8. The molecule has 2 aliphatic rings. The molecule has 0 radical (unpaired) electrons. The molecule has 2 aliphatic carbocycles. The quantitative estimate of drug-likeness (QED) is 0.748. The summed E-state index contributed by atoms with van der Waals surface area (Å²) in [6.07, 6.45) is 7.78. The topological polar surface area (TPSA) is 40.5 Å². The zero-order chi connectivity index (χ0) is 17.4. The van der Waals surface area contributed by atoms with Gasteiger partial charge in [0.15, 0.2) is 0 Å². The Bertz CT molecular complexity index is 340. The molecule has 2 rings (SSSR count). The van der Waals surface area contributed by atoms with Crippen molar-refractivity contribution >= 4 is 0 Å². The highest BCUT2D eigenvalue weighted by Crippen LogP contribution is 2.46. The van der Waals surface area contributed by atoms with Crippen LogP contribution in [0.2, 0.25) is 0 Å². The van der Waals surface area contributed by atoms with Gasteiger partial charge in [-0.1, -0.05) is 41.5 Å². The van der Waals surface area contributed by atoms with Gasteiger partial charge in [-0.05, 0) is 79.4 Å². The number of aliphatic hydroxyl groups is 2. The lowest BCUT2D eigenvalue weighted by atomic mass is 9.63. The van der Waals surface area contributed by atoms with E-state index in [1.165, 1.54) is 32.1 Å². The minimum atomic E-state index is -0.109. The molecule has 6 atom stereocenters. The zero-order valence-electron chi connectivity index (χ0n) is 16.3. The molecule has 0 spiro atoms. The molecule has 2 saturated carbocycles. The van der Waals surface area contributed by atoms with Crippen molar-refractivity contribution in [3.63, 3.8) is 0 Å². The van der Waals surface area contributed by atoms with E-state index >= 15 is 0 Å². The summed E-state index contributed by atoms with van der Waals surface area (Å²) in [4.78, 5) is 0. The van der Waals surface area contributed by atoms with E-state index in [2.05, 4.69) is 41.5 Å². The molecular weight excluding hydrogens is 284 g/mol. The molecule has 6 unspecified atom stereocenters. The van der Waals surface area contributed by atoms with Gasteiger partial charge in [-0.3, -0.25) is 0 Å². The maximum Gasteiger partial charge on any atom is 0.0573 e. The maximum absolute atomic E-state index is 10.4. The lowest BCUT2D eigenvalue weighted by Crippen LogP contribution is -2.40. The zero-order valence-corrected chi connectivity index (χ0v) is 16.3. The van der Waals surface area contributed by atoms with E-state index in [4.69, 9.17) is 0 Å². The highest BCUT2D eigenvalue weighted by atomic mass is 16.3. The van der Waals surface area contributed by atoms with Gasteiger partial charge in [0.05, 0.1) is 12.2 Å². The van der Waals surface area contributed by atoms with Crippen LogP contribution in [0.25, 0.3) is 0 Å². The van der Waals surface area contributed by atoms with E-state index in [-0.39, 0.29) is 23.0 Å². The Morgan fingerprint density at radius 3 is 1.30 bits per heavy atom. The van der Waals surface area contributed by atoms with Gasteiger partial charge < -0.3 is 10.2 Å². The van der Waals surface area contributed by atoms with Gasteiger partial charge in [-0.25, -0.2) is 0 Å². The van der Waals surface area contributed by atoms with Gasteiger partial charge in [0.1, 0.15) is 0 Å². The Kier molecular flexibility index (Phi) is 5.89. The molecule has 0 aromatic rings. The highest BCUT2D eigenvalue weighted by molar-refractivity contribution is 4.91. The van der Waals surface area contributed by atoms with E-state index in [9.17, 15) is 10.2 Å². The molecule has 23 heavy (non-hydrogen) atoms. The molecule has 0 aromatic carbocycles. The average molecular weight is 325 g/mol. The molecule has 0 heterocycles. The van der Waals surface area contributed by atoms with Crippen LogP contribution >= 0.6 is 0 Å². The SMILES string of the molecule is CC(C)(C)C1CC(CC2CCC(O)C(C(C)(C)C)C2)CCC1O.